The topological polar surface area (TPSA) is 67.6 Å². The second-order valence-electron chi connectivity index (χ2n) is 5.66. The van der Waals surface area contributed by atoms with Gasteiger partial charge in [-0.1, -0.05) is 20.8 Å². The third-order valence-corrected chi connectivity index (χ3v) is 3.27. The molecule has 0 fully saturated rings. The van der Waals surface area contributed by atoms with Gasteiger partial charge >= 0.3 is 0 Å². The number of ether oxygens (including phenoxy) is 1. The minimum absolute atomic E-state index is 0.286. The number of nitrogens with zero attached hydrogens (tertiary/aromatic N) is 1. The highest BCUT2D eigenvalue weighted by Gasteiger charge is 2.30. The standard InChI is InChI=1S/C14H31N3O2/c1-6-16-14(4,13(15)18)7-8-17(9-10-19-5)11-12(2)3/h12,16H,6-11H2,1-5H3,(H2,15,18). The van der Waals surface area contributed by atoms with Crippen molar-refractivity contribution >= 4 is 5.91 Å². The van der Waals surface area contributed by atoms with E-state index >= 15 is 0 Å². The van der Waals surface area contributed by atoms with Crippen LogP contribution in [0.5, 0.6) is 0 Å². The summed E-state index contributed by atoms with van der Waals surface area (Å²) in [5.41, 5.74) is 4.87. The van der Waals surface area contributed by atoms with Crippen LogP contribution < -0.4 is 11.1 Å². The lowest BCUT2D eigenvalue weighted by Crippen LogP contribution is -2.54. The zero-order valence-corrected chi connectivity index (χ0v) is 13.2. The minimum atomic E-state index is -0.628. The van der Waals surface area contributed by atoms with Gasteiger partial charge in [0.1, 0.15) is 0 Å². The molecular formula is C14H31N3O2. The maximum absolute atomic E-state index is 11.6. The van der Waals surface area contributed by atoms with Crippen LogP contribution in [0.4, 0.5) is 0 Å². The third-order valence-electron chi connectivity index (χ3n) is 3.27. The molecule has 1 unspecified atom stereocenters. The summed E-state index contributed by atoms with van der Waals surface area (Å²) < 4.78 is 5.13. The van der Waals surface area contributed by atoms with Crippen LogP contribution in [0.15, 0.2) is 0 Å². The summed E-state index contributed by atoms with van der Waals surface area (Å²) in [6, 6.07) is 0. The zero-order chi connectivity index (χ0) is 14.9. The van der Waals surface area contributed by atoms with Gasteiger partial charge in [0.25, 0.3) is 0 Å². The molecule has 0 aliphatic heterocycles. The molecule has 5 heteroatoms. The van der Waals surface area contributed by atoms with Crippen molar-refractivity contribution in [3.8, 4) is 0 Å². The molecule has 19 heavy (non-hydrogen) atoms. The third kappa shape index (κ3) is 7.50. The SMILES string of the molecule is CCNC(C)(CCN(CCOC)CC(C)C)C(N)=O. The number of likely N-dealkylation sites (N-methyl/N-ethyl adjacent to an activating group) is 1. The summed E-state index contributed by atoms with van der Waals surface area (Å²) in [5.74, 6) is 0.307. The van der Waals surface area contributed by atoms with Crippen LogP contribution >= 0.6 is 0 Å². The Morgan fingerprint density at radius 3 is 2.47 bits per heavy atom. The number of primary amides is 1. The fourth-order valence-electron chi connectivity index (χ4n) is 2.10. The molecule has 0 saturated carbocycles. The Kier molecular flexibility index (Phi) is 8.97. The van der Waals surface area contributed by atoms with Crippen molar-refractivity contribution in [2.24, 2.45) is 11.7 Å². The molecule has 0 aliphatic carbocycles. The molecule has 1 amide bonds. The molecular weight excluding hydrogens is 242 g/mol. The summed E-state index contributed by atoms with van der Waals surface area (Å²) in [6.45, 7) is 12.4. The number of nitrogens with two attached hydrogens (primary N) is 1. The minimum Gasteiger partial charge on any atom is -0.383 e. The highest BCUT2D eigenvalue weighted by atomic mass is 16.5. The van der Waals surface area contributed by atoms with E-state index in [1.165, 1.54) is 0 Å². The van der Waals surface area contributed by atoms with E-state index in [4.69, 9.17) is 10.5 Å². The molecule has 1 atom stereocenters. The number of hydrogen-bond acceptors (Lipinski definition) is 4. The number of carbonyl (C=O) groups is 1. The first-order valence-electron chi connectivity index (χ1n) is 7.12. The first kappa shape index (κ1) is 18.4. The highest BCUT2D eigenvalue weighted by Crippen LogP contribution is 2.11. The number of nitrogens with one attached hydrogen (secondary N) is 1. The van der Waals surface area contributed by atoms with Crippen molar-refractivity contribution < 1.29 is 9.53 Å². The Morgan fingerprint density at radius 1 is 1.42 bits per heavy atom. The zero-order valence-electron chi connectivity index (χ0n) is 13.2. The van der Waals surface area contributed by atoms with E-state index < -0.39 is 5.54 Å². The van der Waals surface area contributed by atoms with E-state index in [-0.39, 0.29) is 5.91 Å². The molecule has 0 aliphatic rings. The molecule has 5 nitrogen and oxygen atoms in total. The van der Waals surface area contributed by atoms with Crippen LogP contribution in [0, 0.1) is 5.92 Å². The Labute approximate surface area is 117 Å². The van der Waals surface area contributed by atoms with Crippen LogP contribution in [-0.2, 0) is 9.53 Å². The molecule has 114 valence electrons. The van der Waals surface area contributed by atoms with Gasteiger partial charge in [-0.25, -0.2) is 0 Å². The van der Waals surface area contributed by atoms with Gasteiger partial charge in [-0.15, -0.1) is 0 Å². The van der Waals surface area contributed by atoms with Crippen molar-refractivity contribution in [1.82, 2.24) is 10.2 Å². The summed E-state index contributed by atoms with van der Waals surface area (Å²) in [5, 5.41) is 3.19. The first-order chi connectivity index (χ1) is 8.85. The second kappa shape index (κ2) is 9.28. The molecule has 0 bridgehead atoms. The van der Waals surface area contributed by atoms with Crippen LogP contribution in [0.1, 0.15) is 34.1 Å². The number of hydrogen-bond donors (Lipinski definition) is 2. The van der Waals surface area contributed by atoms with Gasteiger partial charge < -0.3 is 20.7 Å². The van der Waals surface area contributed by atoms with Gasteiger partial charge in [0.15, 0.2) is 0 Å². The highest BCUT2D eigenvalue weighted by molar-refractivity contribution is 5.84. The van der Waals surface area contributed by atoms with Crippen molar-refractivity contribution in [3.63, 3.8) is 0 Å². The quantitative estimate of drug-likeness (QED) is 0.585. The number of methoxy groups -OCH3 is 1. The van der Waals surface area contributed by atoms with Gasteiger partial charge in [0, 0.05) is 26.7 Å². The summed E-state index contributed by atoms with van der Waals surface area (Å²) in [7, 11) is 1.71. The van der Waals surface area contributed by atoms with Crippen LogP contribution in [-0.4, -0.2) is 56.2 Å². The Balaban J connectivity index is 4.43. The molecule has 3 N–H and O–H groups in total. The van der Waals surface area contributed by atoms with Crippen molar-refractivity contribution in [2.45, 2.75) is 39.7 Å². The molecule has 0 aromatic carbocycles. The van der Waals surface area contributed by atoms with Crippen molar-refractivity contribution in [1.29, 1.82) is 0 Å². The lowest BCUT2D eigenvalue weighted by molar-refractivity contribution is -0.124. The molecule has 0 saturated heterocycles. The van der Waals surface area contributed by atoms with E-state index in [1.54, 1.807) is 7.11 Å². The first-order valence-corrected chi connectivity index (χ1v) is 7.12. The number of amides is 1. The van der Waals surface area contributed by atoms with Gasteiger partial charge in [0.2, 0.25) is 5.91 Å². The Hall–Kier alpha value is -0.650. The molecule has 0 rings (SSSR count). The van der Waals surface area contributed by atoms with Gasteiger partial charge in [-0.2, -0.15) is 0 Å². The van der Waals surface area contributed by atoms with Crippen LogP contribution in [0.25, 0.3) is 0 Å². The number of rotatable bonds is 11. The molecule has 0 aromatic heterocycles. The van der Waals surface area contributed by atoms with E-state index in [0.717, 1.165) is 26.2 Å². The van der Waals surface area contributed by atoms with E-state index in [0.29, 0.717) is 18.9 Å². The normalized spacial score (nSPS) is 14.9. The van der Waals surface area contributed by atoms with E-state index in [2.05, 4.69) is 24.1 Å². The lowest BCUT2D eigenvalue weighted by Gasteiger charge is -2.31. The Morgan fingerprint density at radius 2 is 2.05 bits per heavy atom. The predicted molar refractivity (Wildman–Crippen MR) is 79.0 cm³/mol. The maximum atomic E-state index is 11.6. The van der Waals surface area contributed by atoms with Gasteiger partial charge in [0.05, 0.1) is 12.1 Å². The van der Waals surface area contributed by atoms with Gasteiger partial charge in [-0.3, -0.25) is 4.79 Å². The molecule has 0 aromatic rings. The van der Waals surface area contributed by atoms with Crippen LogP contribution in [0.3, 0.4) is 0 Å². The number of carbonyl (C=O) groups excluding carboxylic acids is 1. The van der Waals surface area contributed by atoms with E-state index in [9.17, 15) is 4.79 Å². The summed E-state index contributed by atoms with van der Waals surface area (Å²) in [4.78, 5) is 13.9. The molecule has 0 heterocycles. The Bertz CT molecular complexity index is 259. The smallest absolute Gasteiger partial charge is 0.237 e. The largest absolute Gasteiger partial charge is 0.383 e. The fourth-order valence-corrected chi connectivity index (χ4v) is 2.10. The summed E-state index contributed by atoms with van der Waals surface area (Å²) in [6.07, 6.45) is 0.715. The van der Waals surface area contributed by atoms with Crippen molar-refractivity contribution in [3.05, 3.63) is 0 Å². The van der Waals surface area contributed by atoms with Gasteiger partial charge in [-0.05, 0) is 25.8 Å². The molecule has 0 radical (unpaired) electrons. The summed E-state index contributed by atoms with van der Waals surface area (Å²) >= 11 is 0. The fraction of sp³-hybridized carbons (Fsp3) is 0.929. The van der Waals surface area contributed by atoms with Crippen molar-refractivity contribution in [2.75, 3.05) is 39.9 Å². The predicted octanol–water partition coefficient (Wildman–Crippen LogP) is 0.834. The average Bonchev–Trinajstić information content (AvgIpc) is 2.32. The maximum Gasteiger partial charge on any atom is 0.237 e. The molecule has 0 spiro atoms. The monoisotopic (exact) mass is 273 g/mol. The second-order valence-corrected chi connectivity index (χ2v) is 5.66. The average molecular weight is 273 g/mol. The van der Waals surface area contributed by atoms with E-state index in [1.807, 2.05) is 13.8 Å². The lowest BCUT2D eigenvalue weighted by atomic mass is 9.96. The van der Waals surface area contributed by atoms with Crippen LogP contribution in [0.2, 0.25) is 0 Å².